The Kier molecular flexibility index (Phi) is 53.8. The normalized spacial score (nSPS) is 12.0. The zero-order valence-corrected chi connectivity index (χ0v) is 48.0. The van der Waals surface area contributed by atoms with Gasteiger partial charge in [0, 0.05) is 38.5 Å². The largest absolute Gasteiger partial charge is 0.466 e. The first-order valence-electron chi connectivity index (χ1n) is 30.6. The van der Waals surface area contributed by atoms with Gasteiger partial charge < -0.3 is 23.8 Å². The molecule has 0 saturated heterocycles. The molecule has 0 spiro atoms. The van der Waals surface area contributed by atoms with E-state index in [-0.39, 0.29) is 30.6 Å². The fourth-order valence-electron chi connectivity index (χ4n) is 9.11. The lowest BCUT2D eigenvalue weighted by atomic mass is 10.0. The molecule has 418 valence electrons. The van der Waals surface area contributed by atoms with Crippen LogP contribution in [0.2, 0.25) is 0 Å². The monoisotopic (exact) mass is 1000 g/mol. The third kappa shape index (κ3) is 51.1. The number of hydrogen-bond donors (Lipinski definition) is 0. The van der Waals surface area contributed by atoms with Crippen LogP contribution >= 0.6 is 0 Å². The van der Waals surface area contributed by atoms with Crippen LogP contribution in [-0.2, 0) is 33.3 Å². The number of hydrogen-bond acceptors (Lipinski definition) is 9. The van der Waals surface area contributed by atoms with Crippen LogP contribution < -0.4 is 0 Å². The summed E-state index contributed by atoms with van der Waals surface area (Å²) in [6.07, 6.45) is 52.1. The van der Waals surface area contributed by atoms with Gasteiger partial charge in [0.2, 0.25) is 0 Å². The summed E-state index contributed by atoms with van der Waals surface area (Å²) in [6, 6.07) is 0.411. The third-order valence-electron chi connectivity index (χ3n) is 14.0. The summed E-state index contributed by atoms with van der Waals surface area (Å²) in [5.41, 5.74) is 0. The summed E-state index contributed by atoms with van der Waals surface area (Å²) in [4.78, 5) is 42.5. The number of esters is 3. The van der Waals surface area contributed by atoms with Crippen LogP contribution in [0.5, 0.6) is 0 Å². The van der Waals surface area contributed by atoms with Gasteiger partial charge in [0.05, 0.1) is 19.8 Å². The molecule has 71 heavy (non-hydrogen) atoms. The lowest BCUT2D eigenvalue weighted by molar-refractivity contribution is -0.155. The first-order chi connectivity index (χ1) is 34.8. The number of carbonyl (C=O) groups is 3. The predicted molar refractivity (Wildman–Crippen MR) is 302 cm³/mol. The van der Waals surface area contributed by atoms with E-state index in [9.17, 15) is 14.4 Å². The van der Waals surface area contributed by atoms with Gasteiger partial charge in [-0.3, -0.25) is 14.5 Å². The van der Waals surface area contributed by atoms with Gasteiger partial charge in [0.25, 0.3) is 0 Å². The number of unbranched alkanes of at least 4 members (excludes halogenated alkanes) is 28. The molecule has 0 bridgehead atoms. The second kappa shape index (κ2) is 55.5. The van der Waals surface area contributed by atoms with Crippen molar-refractivity contribution in [3.63, 3.8) is 0 Å². The van der Waals surface area contributed by atoms with Crippen LogP contribution in [0.15, 0.2) is 24.3 Å². The molecule has 0 N–H and O–H groups in total. The Balaban J connectivity index is 4.38. The van der Waals surface area contributed by atoms with E-state index in [0.29, 0.717) is 38.7 Å². The lowest BCUT2D eigenvalue weighted by Gasteiger charge is -2.29. The number of ether oxygens (including phenoxy) is 4. The number of likely N-dealkylation sites (N-methyl/N-ethyl adjacent to an activating group) is 1. The van der Waals surface area contributed by atoms with E-state index >= 15 is 0 Å². The number of nitrogens with zero attached hydrogens (tertiary/aromatic N) is 2. The highest BCUT2D eigenvalue weighted by atomic mass is 16.6. The first-order valence-corrected chi connectivity index (χ1v) is 30.6. The average Bonchev–Trinajstić information content (AvgIpc) is 3.36. The number of allylic oxidation sites excluding steroid dienone is 4. The quantitative estimate of drug-likeness (QED) is 0.0255. The summed E-state index contributed by atoms with van der Waals surface area (Å²) in [5.74, 6) is -0.425. The Bertz CT molecular complexity index is 1140. The van der Waals surface area contributed by atoms with Crippen molar-refractivity contribution >= 4 is 17.9 Å². The molecule has 9 nitrogen and oxygen atoms in total. The highest BCUT2D eigenvalue weighted by molar-refractivity contribution is 5.71. The van der Waals surface area contributed by atoms with E-state index in [0.717, 1.165) is 123 Å². The van der Waals surface area contributed by atoms with Crippen molar-refractivity contribution in [2.75, 3.05) is 59.2 Å². The maximum atomic E-state index is 13.0. The van der Waals surface area contributed by atoms with Crippen LogP contribution in [0.1, 0.15) is 286 Å². The van der Waals surface area contributed by atoms with E-state index in [1.807, 2.05) is 0 Å². The van der Waals surface area contributed by atoms with E-state index in [2.05, 4.69) is 75.6 Å². The zero-order chi connectivity index (χ0) is 51.9. The van der Waals surface area contributed by atoms with E-state index < -0.39 is 0 Å². The molecular formula is C62H118N2O7. The van der Waals surface area contributed by atoms with Gasteiger partial charge in [-0.05, 0) is 130 Å². The van der Waals surface area contributed by atoms with Crippen LogP contribution in [0.4, 0.5) is 0 Å². The summed E-state index contributed by atoms with van der Waals surface area (Å²) < 4.78 is 23.0. The summed E-state index contributed by atoms with van der Waals surface area (Å²) in [7, 11) is 0. The lowest BCUT2D eigenvalue weighted by Crippen LogP contribution is -2.40. The average molecular weight is 1000 g/mol. The van der Waals surface area contributed by atoms with Crippen molar-refractivity contribution in [2.45, 2.75) is 298 Å². The molecule has 0 rings (SSSR count). The molecule has 9 heteroatoms. The minimum absolute atomic E-state index is 0.0246. The van der Waals surface area contributed by atoms with Gasteiger partial charge in [-0.25, -0.2) is 4.79 Å². The van der Waals surface area contributed by atoms with Crippen molar-refractivity contribution in [3.8, 4) is 0 Å². The Morgan fingerprint density at radius 3 is 1.20 bits per heavy atom. The van der Waals surface area contributed by atoms with E-state index in [4.69, 9.17) is 18.9 Å². The van der Waals surface area contributed by atoms with Crippen LogP contribution in [0.25, 0.3) is 0 Å². The molecule has 0 aromatic heterocycles. The summed E-state index contributed by atoms with van der Waals surface area (Å²) in [5, 5.41) is 0. The minimum atomic E-state index is -0.287. The SMILES string of the molecule is CCCCCCCC/C=C\CCCCCCCC(=O)OCCCCCCC(CCCCCCOC(=O)CCCCCCC/C=C\CCCCCCCC)OC(=O)COCCN(CCN(CC)CC)C(C)C. The smallest absolute Gasteiger partial charge is 0.332 e. The molecule has 0 heterocycles. The molecule has 0 amide bonds. The van der Waals surface area contributed by atoms with Crippen molar-refractivity contribution in [3.05, 3.63) is 24.3 Å². The molecular weight excluding hydrogens is 885 g/mol. The van der Waals surface area contributed by atoms with E-state index in [1.165, 1.54) is 141 Å². The maximum absolute atomic E-state index is 13.0. The Morgan fingerprint density at radius 2 is 0.789 bits per heavy atom. The highest BCUT2D eigenvalue weighted by Gasteiger charge is 2.16. The van der Waals surface area contributed by atoms with Crippen LogP contribution in [0, 0.1) is 0 Å². The molecule has 0 aliphatic rings. The molecule has 0 aliphatic heterocycles. The second-order valence-corrected chi connectivity index (χ2v) is 20.8. The standard InChI is InChI=1S/C62H118N2O7/c1-7-11-13-15-17-19-21-23-25-27-29-31-33-35-43-49-60(65)69-54-45-39-37-41-47-59(71-62(67)57-68-56-53-64(58(5)6)52-51-63(9-3)10-4)48-42-38-40-46-55-70-61(66)50-44-36-34-32-30-28-26-24-22-20-18-16-14-12-8-2/h23-26,58-59H,7-22,27-57H2,1-6H3/b25-23-,26-24-. The van der Waals surface area contributed by atoms with Crippen LogP contribution in [0.3, 0.4) is 0 Å². The number of rotatable bonds is 56. The molecule has 0 aromatic rings. The van der Waals surface area contributed by atoms with Gasteiger partial charge in [0.15, 0.2) is 0 Å². The maximum Gasteiger partial charge on any atom is 0.332 e. The Morgan fingerprint density at radius 1 is 0.408 bits per heavy atom. The molecule has 0 aliphatic carbocycles. The fourth-order valence-corrected chi connectivity index (χ4v) is 9.11. The van der Waals surface area contributed by atoms with Gasteiger partial charge in [-0.1, -0.05) is 180 Å². The molecule has 0 aromatic carbocycles. The summed E-state index contributed by atoms with van der Waals surface area (Å²) in [6.45, 7) is 19.7. The molecule has 0 unspecified atom stereocenters. The zero-order valence-electron chi connectivity index (χ0n) is 48.0. The molecule has 0 saturated carbocycles. The fraction of sp³-hybridized carbons (Fsp3) is 0.887. The molecule has 0 atom stereocenters. The third-order valence-corrected chi connectivity index (χ3v) is 14.0. The Hall–Kier alpha value is -2.23. The van der Waals surface area contributed by atoms with Crippen molar-refractivity contribution < 1.29 is 33.3 Å². The van der Waals surface area contributed by atoms with Crippen molar-refractivity contribution in [1.82, 2.24) is 9.80 Å². The van der Waals surface area contributed by atoms with E-state index in [1.54, 1.807) is 0 Å². The predicted octanol–water partition coefficient (Wildman–Crippen LogP) is 17.0. The number of carbonyl (C=O) groups excluding carboxylic acids is 3. The van der Waals surface area contributed by atoms with Gasteiger partial charge in [-0.2, -0.15) is 0 Å². The van der Waals surface area contributed by atoms with Gasteiger partial charge >= 0.3 is 17.9 Å². The first kappa shape index (κ1) is 68.8. The Labute approximate surface area is 440 Å². The van der Waals surface area contributed by atoms with Crippen molar-refractivity contribution in [2.24, 2.45) is 0 Å². The minimum Gasteiger partial charge on any atom is -0.466 e. The highest BCUT2D eigenvalue weighted by Crippen LogP contribution is 2.18. The summed E-state index contributed by atoms with van der Waals surface area (Å²) >= 11 is 0. The van der Waals surface area contributed by atoms with Gasteiger partial charge in [-0.15, -0.1) is 0 Å². The molecule has 0 radical (unpaired) electrons. The van der Waals surface area contributed by atoms with Crippen molar-refractivity contribution in [1.29, 1.82) is 0 Å². The topological polar surface area (TPSA) is 94.6 Å². The van der Waals surface area contributed by atoms with Crippen LogP contribution in [-0.4, -0.2) is 99.0 Å². The van der Waals surface area contributed by atoms with Gasteiger partial charge in [0.1, 0.15) is 12.7 Å². The second-order valence-electron chi connectivity index (χ2n) is 20.8. The molecule has 0 fully saturated rings.